The molecule has 0 atom stereocenters. The Hall–Kier alpha value is -1.75. The molecule has 100 valence electrons. The topological polar surface area (TPSA) is 73.6 Å². The quantitative estimate of drug-likeness (QED) is 0.569. The lowest BCUT2D eigenvalue weighted by molar-refractivity contribution is 0.0948. The van der Waals surface area contributed by atoms with E-state index in [4.69, 9.17) is 15.2 Å². The van der Waals surface area contributed by atoms with Crippen LogP contribution in [-0.2, 0) is 4.74 Å². The number of hydrogen-bond acceptors (Lipinski definition) is 4. The molecule has 0 aliphatic heterocycles. The number of methoxy groups -OCH3 is 2. The minimum atomic E-state index is -0.170. The molecule has 0 aromatic heterocycles. The molecule has 1 aromatic carbocycles. The highest BCUT2D eigenvalue weighted by Gasteiger charge is 2.11. The smallest absolute Gasteiger partial charge is 0.255 e. The lowest BCUT2D eigenvalue weighted by Crippen LogP contribution is -2.25. The van der Waals surface area contributed by atoms with E-state index in [1.165, 1.54) is 7.11 Å². The fourth-order valence-corrected chi connectivity index (χ4v) is 1.57. The number of nitrogen functional groups attached to an aromatic ring is 1. The summed E-state index contributed by atoms with van der Waals surface area (Å²) in [6, 6.07) is 5.01. The molecule has 0 saturated carbocycles. The predicted octanol–water partition coefficient (Wildman–Crippen LogP) is 1.43. The van der Waals surface area contributed by atoms with Gasteiger partial charge in [-0.2, -0.15) is 0 Å². The van der Waals surface area contributed by atoms with Gasteiger partial charge in [0.05, 0.1) is 12.7 Å². The van der Waals surface area contributed by atoms with Gasteiger partial charge in [0.2, 0.25) is 0 Å². The first-order chi connectivity index (χ1) is 8.69. The summed E-state index contributed by atoms with van der Waals surface area (Å²) in [4.78, 5) is 11.9. The third-order valence-corrected chi connectivity index (χ3v) is 2.53. The minimum absolute atomic E-state index is 0.170. The number of rotatable bonds is 7. The monoisotopic (exact) mass is 252 g/mol. The zero-order valence-corrected chi connectivity index (χ0v) is 10.9. The van der Waals surface area contributed by atoms with Gasteiger partial charge in [0.1, 0.15) is 5.75 Å². The maximum atomic E-state index is 11.9. The highest BCUT2D eigenvalue weighted by atomic mass is 16.5. The highest BCUT2D eigenvalue weighted by molar-refractivity contribution is 5.97. The van der Waals surface area contributed by atoms with Crippen LogP contribution in [0.25, 0.3) is 0 Å². The number of benzene rings is 1. The first kappa shape index (κ1) is 14.3. The van der Waals surface area contributed by atoms with E-state index in [-0.39, 0.29) is 5.91 Å². The van der Waals surface area contributed by atoms with Gasteiger partial charge in [-0.1, -0.05) is 0 Å². The molecule has 0 saturated heterocycles. The Labute approximate surface area is 107 Å². The van der Waals surface area contributed by atoms with E-state index in [1.807, 2.05) is 0 Å². The molecule has 0 spiro atoms. The Morgan fingerprint density at radius 2 is 2.11 bits per heavy atom. The van der Waals surface area contributed by atoms with E-state index >= 15 is 0 Å². The maximum Gasteiger partial charge on any atom is 0.255 e. The normalized spacial score (nSPS) is 10.1. The number of nitrogens with one attached hydrogen (secondary N) is 1. The molecule has 5 nitrogen and oxygen atoms in total. The van der Waals surface area contributed by atoms with Crippen molar-refractivity contribution in [2.45, 2.75) is 12.8 Å². The van der Waals surface area contributed by atoms with Crippen LogP contribution >= 0.6 is 0 Å². The molecule has 0 unspecified atom stereocenters. The van der Waals surface area contributed by atoms with Gasteiger partial charge in [0, 0.05) is 25.9 Å². The van der Waals surface area contributed by atoms with Crippen molar-refractivity contribution in [2.24, 2.45) is 0 Å². The zero-order chi connectivity index (χ0) is 13.4. The van der Waals surface area contributed by atoms with Gasteiger partial charge in [0.25, 0.3) is 5.91 Å². The lowest BCUT2D eigenvalue weighted by Gasteiger charge is -2.10. The number of amides is 1. The number of hydrogen-bond donors (Lipinski definition) is 2. The van der Waals surface area contributed by atoms with Gasteiger partial charge < -0.3 is 20.5 Å². The molecular weight excluding hydrogens is 232 g/mol. The van der Waals surface area contributed by atoms with Crippen molar-refractivity contribution in [3.05, 3.63) is 23.8 Å². The first-order valence-corrected chi connectivity index (χ1v) is 5.89. The summed E-state index contributed by atoms with van der Waals surface area (Å²) in [6.07, 6.45) is 1.80. The summed E-state index contributed by atoms with van der Waals surface area (Å²) in [5.74, 6) is 0.357. The molecule has 0 heterocycles. The number of ether oxygens (including phenoxy) is 2. The number of carbonyl (C=O) groups is 1. The van der Waals surface area contributed by atoms with E-state index in [0.29, 0.717) is 30.2 Å². The maximum absolute atomic E-state index is 11.9. The standard InChI is InChI=1S/C13H20N2O3/c1-17-8-4-3-7-15-13(16)11-9-10(14)5-6-12(11)18-2/h5-6,9H,3-4,7-8,14H2,1-2H3,(H,15,16). The second-order valence-corrected chi connectivity index (χ2v) is 3.92. The van der Waals surface area contributed by atoms with Crippen LogP contribution in [0.2, 0.25) is 0 Å². The van der Waals surface area contributed by atoms with Crippen molar-refractivity contribution in [3.8, 4) is 5.75 Å². The van der Waals surface area contributed by atoms with Gasteiger partial charge >= 0.3 is 0 Å². The Bertz CT molecular complexity index is 394. The van der Waals surface area contributed by atoms with Gasteiger partial charge in [-0.25, -0.2) is 0 Å². The number of unbranched alkanes of at least 4 members (excludes halogenated alkanes) is 1. The number of nitrogens with two attached hydrogens (primary N) is 1. The predicted molar refractivity (Wildman–Crippen MR) is 70.8 cm³/mol. The van der Waals surface area contributed by atoms with Crippen molar-refractivity contribution in [3.63, 3.8) is 0 Å². The van der Waals surface area contributed by atoms with Gasteiger partial charge in [0.15, 0.2) is 0 Å². The van der Waals surface area contributed by atoms with Crippen LogP contribution in [0.15, 0.2) is 18.2 Å². The second-order valence-electron chi connectivity index (χ2n) is 3.92. The molecule has 1 rings (SSSR count). The molecule has 0 radical (unpaired) electrons. The summed E-state index contributed by atoms with van der Waals surface area (Å²) in [5, 5.41) is 2.83. The average Bonchev–Trinajstić information content (AvgIpc) is 2.38. The van der Waals surface area contributed by atoms with E-state index in [9.17, 15) is 4.79 Å². The minimum Gasteiger partial charge on any atom is -0.496 e. The van der Waals surface area contributed by atoms with Crippen molar-refractivity contribution in [2.75, 3.05) is 33.1 Å². The molecular formula is C13H20N2O3. The molecule has 5 heteroatoms. The van der Waals surface area contributed by atoms with Crippen LogP contribution in [-0.4, -0.2) is 33.3 Å². The fourth-order valence-electron chi connectivity index (χ4n) is 1.57. The van der Waals surface area contributed by atoms with Gasteiger partial charge in [-0.05, 0) is 31.0 Å². The molecule has 1 aromatic rings. The van der Waals surface area contributed by atoms with Crippen LogP contribution < -0.4 is 15.8 Å². The molecule has 0 aliphatic carbocycles. The van der Waals surface area contributed by atoms with E-state index in [1.54, 1.807) is 25.3 Å². The third kappa shape index (κ3) is 4.25. The number of anilines is 1. The molecule has 1 amide bonds. The molecule has 0 bridgehead atoms. The van der Waals surface area contributed by atoms with E-state index in [2.05, 4.69) is 5.32 Å². The summed E-state index contributed by atoms with van der Waals surface area (Å²) >= 11 is 0. The third-order valence-electron chi connectivity index (χ3n) is 2.53. The zero-order valence-electron chi connectivity index (χ0n) is 10.9. The van der Waals surface area contributed by atoms with Crippen LogP contribution in [0, 0.1) is 0 Å². The average molecular weight is 252 g/mol. The Kier molecular flexibility index (Phi) is 6.00. The van der Waals surface area contributed by atoms with Crippen molar-refractivity contribution < 1.29 is 14.3 Å². The Morgan fingerprint density at radius 1 is 1.33 bits per heavy atom. The Morgan fingerprint density at radius 3 is 2.78 bits per heavy atom. The molecule has 3 N–H and O–H groups in total. The van der Waals surface area contributed by atoms with Crippen molar-refractivity contribution >= 4 is 11.6 Å². The van der Waals surface area contributed by atoms with Crippen LogP contribution in [0.5, 0.6) is 5.75 Å². The van der Waals surface area contributed by atoms with E-state index < -0.39 is 0 Å². The summed E-state index contributed by atoms with van der Waals surface area (Å²) in [5.41, 5.74) is 6.67. The summed E-state index contributed by atoms with van der Waals surface area (Å²) < 4.78 is 10.1. The number of carbonyl (C=O) groups excluding carboxylic acids is 1. The summed E-state index contributed by atoms with van der Waals surface area (Å²) in [6.45, 7) is 1.32. The largest absolute Gasteiger partial charge is 0.496 e. The van der Waals surface area contributed by atoms with Gasteiger partial charge in [-0.15, -0.1) is 0 Å². The van der Waals surface area contributed by atoms with Crippen LogP contribution in [0.4, 0.5) is 5.69 Å². The van der Waals surface area contributed by atoms with Gasteiger partial charge in [-0.3, -0.25) is 4.79 Å². The molecule has 18 heavy (non-hydrogen) atoms. The highest BCUT2D eigenvalue weighted by Crippen LogP contribution is 2.20. The first-order valence-electron chi connectivity index (χ1n) is 5.89. The van der Waals surface area contributed by atoms with Crippen molar-refractivity contribution in [1.82, 2.24) is 5.32 Å². The lowest BCUT2D eigenvalue weighted by atomic mass is 10.1. The van der Waals surface area contributed by atoms with Crippen molar-refractivity contribution in [1.29, 1.82) is 0 Å². The molecule has 0 fully saturated rings. The molecule has 0 aliphatic rings. The van der Waals surface area contributed by atoms with E-state index in [0.717, 1.165) is 12.8 Å². The Balaban J connectivity index is 2.52. The second kappa shape index (κ2) is 7.55. The van der Waals surface area contributed by atoms with Crippen LogP contribution in [0.3, 0.4) is 0 Å². The SMILES string of the molecule is COCCCCNC(=O)c1cc(N)ccc1OC. The van der Waals surface area contributed by atoms with Crippen LogP contribution in [0.1, 0.15) is 23.2 Å². The fraction of sp³-hybridized carbons (Fsp3) is 0.462. The summed E-state index contributed by atoms with van der Waals surface area (Å²) in [7, 11) is 3.19.